The van der Waals surface area contributed by atoms with Crippen molar-refractivity contribution in [1.29, 1.82) is 0 Å². The summed E-state index contributed by atoms with van der Waals surface area (Å²) in [5, 5.41) is 0.910. The van der Waals surface area contributed by atoms with E-state index in [1.165, 1.54) is 14.2 Å². The van der Waals surface area contributed by atoms with E-state index in [9.17, 15) is 0 Å². The zero-order valence-electron chi connectivity index (χ0n) is 13.5. The lowest BCUT2D eigenvalue weighted by molar-refractivity contribution is -0.241. The van der Waals surface area contributed by atoms with Gasteiger partial charge < -0.3 is 4.74 Å². The fourth-order valence-electron chi connectivity index (χ4n) is 2.14. The molecule has 5 nitrogen and oxygen atoms in total. The second kappa shape index (κ2) is 8.41. The van der Waals surface area contributed by atoms with Crippen molar-refractivity contribution in [2.75, 3.05) is 14.2 Å². The Morgan fingerprint density at radius 2 is 1.62 bits per heavy atom. The Kier molecular flexibility index (Phi) is 7.14. The fourth-order valence-corrected chi connectivity index (χ4v) is 3.09. The first-order chi connectivity index (χ1) is 12.0. The highest BCUT2D eigenvalue weighted by Crippen LogP contribution is 2.47. The summed E-state index contributed by atoms with van der Waals surface area (Å²) in [6.07, 6.45) is 3.32. The van der Waals surface area contributed by atoms with E-state index in [1.54, 1.807) is 12.2 Å². The molecule has 1 unspecified atom stereocenters. The molecule has 0 bridgehead atoms. The van der Waals surface area contributed by atoms with Gasteiger partial charge in [0.15, 0.2) is 11.7 Å². The van der Waals surface area contributed by atoms with E-state index in [4.69, 9.17) is 79.2 Å². The maximum absolute atomic E-state index is 6.11. The average molecular weight is 480 g/mol. The molecular weight excluding hydrogens is 467 g/mol. The summed E-state index contributed by atoms with van der Waals surface area (Å²) in [4.78, 5) is 13.7. The van der Waals surface area contributed by atoms with E-state index in [0.717, 1.165) is 10.6 Å². The topological polar surface area (TPSA) is 46.4 Å². The second-order valence-electron chi connectivity index (χ2n) is 4.93. The lowest BCUT2D eigenvalue weighted by Gasteiger charge is -2.45. The van der Waals surface area contributed by atoms with Crippen molar-refractivity contribution in [3.63, 3.8) is 0 Å². The van der Waals surface area contributed by atoms with Crippen LogP contribution in [0.2, 0.25) is 0 Å². The van der Waals surface area contributed by atoms with Gasteiger partial charge in [0.25, 0.3) is 3.79 Å². The number of benzene rings is 1. The molecule has 0 N–H and O–H groups in total. The van der Waals surface area contributed by atoms with Gasteiger partial charge in [-0.3, -0.25) is 4.84 Å². The summed E-state index contributed by atoms with van der Waals surface area (Å²) in [6, 6.07) is 9.43. The number of aliphatic imine (C=N–C) groups is 2. The van der Waals surface area contributed by atoms with Gasteiger partial charge in [-0.2, -0.15) is 5.06 Å². The Balaban J connectivity index is 2.59. The third-order valence-corrected chi connectivity index (χ3v) is 4.51. The molecule has 1 atom stereocenters. The molecular formula is C15H13Cl6N3O2. The molecule has 2 rings (SSSR count). The van der Waals surface area contributed by atoms with Crippen molar-refractivity contribution < 1.29 is 9.57 Å². The predicted octanol–water partition coefficient (Wildman–Crippen LogP) is 5.41. The van der Waals surface area contributed by atoms with Crippen LogP contribution in [0.1, 0.15) is 5.56 Å². The molecule has 1 aliphatic rings. The minimum Gasteiger partial charge on any atom is -0.335 e. The molecule has 11 heteroatoms. The van der Waals surface area contributed by atoms with Crippen LogP contribution in [0.15, 0.2) is 46.4 Å². The number of amidine groups is 2. The van der Waals surface area contributed by atoms with Crippen LogP contribution < -0.4 is 0 Å². The summed E-state index contributed by atoms with van der Waals surface area (Å²) in [7, 11) is 2.55. The van der Waals surface area contributed by atoms with Crippen molar-refractivity contribution in [2.45, 2.75) is 13.4 Å². The molecule has 0 saturated carbocycles. The van der Waals surface area contributed by atoms with Crippen LogP contribution in [0.4, 0.5) is 0 Å². The van der Waals surface area contributed by atoms with Crippen LogP contribution in [0, 0.1) is 0 Å². The Morgan fingerprint density at radius 3 is 2.08 bits per heavy atom. The van der Waals surface area contributed by atoms with Crippen LogP contribution in [-0.2, 0) is 9.57 Å². The number of hydrogen-bond donors (Lipinski definition) is 0. The molecule has 1 heterocycles. The smallest absolute Gasteiger partial charge is 0.314 e. The van der Waals surface area contributed by atoms with Crippen LogP contribution in [0.5, 0.6) is 0 Å². The third-order valence-electron chi connectivity index (χ3n) is 3.27. The Bertz CT molecular complexity index is 727. The van der Waals surface area contributed by atoms with E-state index >= 15 is 0 Å². The Labute approximate surface area is 181 Å². The van der Waals surface area contributed by atoms with Gasteiger partial charge in [-0.05, 0) is 11.6 Å². The number of hydrogen-bond acceptors (Lipinski definition) is 5. The largest absolute Gasteiger partial charge is 0.335 e. The van der Waals surface area contributed by atoms with Gasteiger partial charge in [0.05, 0.1) is 7.11 Å². The van der Waals surface area contributed by atoms with Gasteiger partial charge in [-0.25, -0.2) is 9.98 Å². The molecule has 1 aliphatic heterocycles. The summed E-state index contributed by atoms with van der Waals surface area (Å²) < 4.78 is 1.27. The molecule has 0 fully saturated rings. The maximum Gasteiger partial charge on any atom is 0.314 e. The zero-order valence-corrected chi connectivity index (χ0v) is 18.0. The van der Waals surface area contributed by atoms with E-state index in [1.807, 2.05) is 30.3 Å². The van der Waals surface area contributed by atoms with Crippen LogP contribution in [0.25, 0.3) is 6.08 Å². The monoisotopic (exact) mass is 477 g/mol. The molecule has 26 heavy (non-hydrogen) atoms. The number of methoxy groups -OCH3 is 1. The Hall–Kier alpha value is -0.240. The van der Waals surface area contributed by atoms with Gasteiger partial charge in [-0.15, -0.1) is 0 Å². The number of rotatable bonds is 4. The van der Waals surface area contributed by atoms with Crippen LogP contribution in [-0.4, -0.2) is 44.4 Å². The first-order valence-electron chi connectivity index (χ1n) is 7.00. The molecule has 1 aromatic rings. The van der Waals surface area contributed by atoms with Crippen molar-refractivity contribution in [2.24, 2.45) is 9.98 Å². The van der Waals surface area contributed by atoms with E-state index in [0.29, 0.717) is 0 Å². The van der Waals surface area contributed by atoms with Gasteiger partial charge in [0, 0.05) is 7.11 Å². The minimum atomic E-state index is -2.11. The molecule has 0 radical (unpaired) electrons. The first kappa shape index (κ1) is 22.1. The number of alkyl halides is 6. The third kappa shape index (κ3) is 4.59. The number of hydroxylamine groups is 2. The van der Waals surface area contributed by atoms with E-state index in [-0.39, 0.29) is 11.7 Å². The highest BCUT2D eigenvalue weighted by atomic mass is 35.6. The minimum absolute atomic E-state index is 0.108. The summed E-state index contributed by atoms with van der Waals surface area (Å²) >= 11 is 36.4. The normalized spacial score (nSPS) is 21.8. The highest BCUT2D eigenvalue weighted by Gasteiger charge is 2.60. The summed E-state index contributed by atoms with van der Waals surface area (Å²) in [6.45, 7) is 0. The van der Waals surface area contributed by atoms with Crippen molar-refractivity contribution in [3.05, 3.63) is 42.0 Å². The molecule has 0 amide bonds. The lowest BCUT2D eigenvalue weighted by Crippen LogP contribution is -2.63. The quantitative estimate of drug-likeness (QED) is 0.542. The maximum atomic E-state index is 6.11. The Morgan fingerprint density at radius 1 is 1.00 bits per heavy atom. The van der Waals surface area contributed by atoms with Gasteiger partial charge in [0.2, 0.25) is 3.79 Å². The predicted molar refractivity (Wildman–Crippen MR) is 110 cm³/mol. The van der Waals surface area contributed by atoms with Crippen LogP contribution in [0.3, 0.4) is 0 Å². The van der Waals surface area contributed by atoms with E-state index < -0.39 is 13.4 Å². The summed E-state index contributed by atoms with van der Waals surface area (Å²) in [5.41, 5.74) is 0.895. The first-order valence-corrected chi connectivity index (χ1v) is 9.27. The van der Waals surface area contributed by atoms with Crippen molar-refractivity contribution in [3.8, 4) is 0 Å². The number of nitrogens with zero attached hydrogens (tertiary/aromatic N) is 3. The van der Waals surface area contributed by atoms with Crippen LogP contribution >= 0.6 is 69.6 Å². The standard InChI is InChI=1S/C15H13Cl6N3O2/c1-25-15(14(19,20)21)23-11(9-8-10-6-4-3-5-7-10)22-12(13(16,17)18)24(15)26-2/h3-9H,1-2H3. The average Bonchev–Trinajstić information content (AvgIpc) is 2.58. The van der Waals surface area contributed by atoms with Gasteiger partial charge >= 0.3 is 5.85 Å². The van der Waals surface area contributed by atoms with Gasteiger partial charge in [0.1, 0.15) is 0 Å². The van der Waals surface area contributed by atoms with Crippen molar-refractivity contribution >= 4 is 87.4 Å². The van der Waals surface area contributed by atoms with Crippen molar-refractivity contribution in [1.82, 2.24) is 5.06 Å². The fraction of sp³-hybridized carbons (Fsp3) is 0.333. The van der Waals surface area contributed by atoms with E-state index in [2.05, 4.69) is 9.98 Å². The van der Waals surface area contributed by atoms with Gasteiger partial charge in [-0.1, -0.05) is 106 Å². The number of ether oxygens (including phenoxy) is 1. The molecule has 1 aromatic carbocycles. The molecule has 142 valence electrons. The lowest BCUT2D eigenvalue weighted by atomic mass is 10.2. The summed E-state index contributed by atoms with van der Waals surface area (Å²) in [5.74, 6) is -2.04. The molecule has 0 aliphatic carbocycles. The SMILES string of the molecule is CON1C(C(Cl)(Cl)Cl)=NC(C=Cc2ccccc2)=NC1(OC)C(Cl)(Cl)Cl. The molecule has 0 saturated heterocycles. The highest BCUT2D eigenvalue weighted by molar-refractivity contribution is 6.77. The molecule has 0 aromatic heterocycles. The second-order valence-corrected chi connectivity index (χ2v) is 9.50. The number of halogens is 6. The molecule has 0 spiro atoms. The zero-order chi connectivity index (χ0) is 19.6.